The van der Waals surface area contributed by atoms with Gasteiger partial charge in [0.2, 0.25) is 5.91 Å². The van der Waals surface area contributed by atoms with E-state index < -0.39 is 0 Å². The van der Waals surface area contributed by atoms with Crippen LogP contribution < -0.4 is 0 Å². The summed E-state index contributed by atoms with van der Waals surface area (Å²) in [6.07, 6.45) is 0.402. The van der Waals surface area contributed by atoms with Gasteiger partial charge < -0.3 is 10.0 Å². The first-order valence-electron chi connectivity index (χ1n) is 8.03. The summed E-state index contributed by atoms with van der Waals surface area (Å²) in [6.45, 7) is 4.33. The van der Waals surface area contributed by atoms with E-state index in [0.29, 0.717) is 6.42 Å². The van der Waals surface area contributed by atoms with Crippen LogP contribution >= 0.6 is 12.4 Å². The van der Waals surface area contributed by atoms with Gasteiger partial charge in [-0.2, -0.15) is 0 Å². The molecule has 0 aliphatic carbocycles. The van der Waals surface area contributed by atoms with E-state index in [0.717, 1.165) is 38.3 Å². The van der Waals surface area contributed by atoms with Gasteiger partial charge in [0.05, 0.1) is 6.42 Å². The molecule has 2 aromatic rings. The molecule has 0 unspecified atom stereocenters. The Morgan fingerprint density at radius 1 is 0.875 bits per heavy atom. The van der Waals surface area contributed by atoms with E-state index in [2.05, 4.69) is 29.2 Å². The molecule has 0 atom stereocenters. The SMILES string of the molecule is Cl.O=C(Cc1ccc(O)cc1)N1CCN(Cc2ccccc2)CC1. The van der Waals surface area contributed by atoms with Crippen molar-refractivity contribution in [2.24, 2.45) is 0 Å². The van der Waals surface area contributed by atoms with Crippen LogP contribution in [0.1, 0.15) is 11.1 Å². The van der Waals surface area contributed by atoms with Crippen LogP contribution in [-0.4, -0.2) is 47.0 Å². The lowest BCUT2D eigenvalue weighted by atomic mass is 10.1. The molecule has 1 N–H and O–H groups in total. The Labute approximate surface area is 149 Å². The minimum absolute atomic E-state index is 0. The lowest BCUT2D eigenvalue weighted by Gasteiger charge is -2.34. The van der Waals surface area contributed by atoms with Crippen molar-refractivity contribution < 1.29 is 9.90 Å². The van der Waals surface area contributed by atoms with E-state index in [9.17, 15) is 9.90 Å². The lowest BCUT2D eigenvalue weighted by Crippen LogP contribution is -2.48. The first-order chi connectivity index (χ1) is 11.2. The highest BCUT2D eigenvalue weighted by molar-refractivity contribution is 5.85. The fraction of sp³-hybridized carbons (Fsp3) is 0.316. The Hall–Kier alpha value is -2.04. The molecule has 1 aliphatic heterocycles. The molecule has 0 saturated carbocycles. The number of hydrogen-bond donors (Lipinski definition) is 1. The minimum atomic E-state index is 0. The van der Waals surface area contributed by atoms with E-state index in [4.69, 9.17) is 0 Å². The number of carbonyl (C=O) groups is 1. The van der Waals surface area contributed by atoms with E-state index in [-0.39, 0.29) is 24.1 Å². The summed E-state index contributed by atoms with van der Waals surface area (Å²) in [5, 5.41) is 9.29. The molecule has 4 nitrogen and oxygen atoms in total. The molecule has 2 aromatic carbocycles. The van der Waals surface area contributed by atoms with Crippen molar-refractivity contribution in [2.45, 2.75) is 13.0 Å². The van der Waals surface area contributed by atoms with Crippen LogP contribution in [0.4, 0.5) is 0 Å². The number of carbonyl (C=O) groups excluding carboxylic acids is 1. The first-order valence-corrected chi connectivity index (χ1v) is 8.03. The van der Waals surface area contributed by atoms with Gasteiger partial charge in [0.25, 0.3) is 0 Å². The summed E-state index contributed by atoms with van der Waals surface area (Å²) in [5.41, 5.74) is 2.26. The Morgan fingerprint density at radius 3 is 2.12 bits per heavy atom. The Morgan fingerprint density at radius 2 is 1.50 bits per heavy atom. The summed E-state index contributed by atoms with van der Waals surface area (Å²) in [4.78, 5) is 16.7. The largest absolute Gasteiger partial charge is 0.508 e. The third-order valence-electron chi connectivity index (χ3n) is 4.27. The summed E-state index contributed by atoms with van der Waals surface area (Å²) >= 11 is 0. The van der Waals surface area contributed by atoms with Crippen LogP contribution in [-0.2, 0) is 17.8 Å². The van der Waals surface area contributed by atoms with Gasteiger partial charge in [0, 0.05) is 32.7 Å². The van der Waals surface area contributed by atoms with Crippen molar-refractivity contribution in [1.29, 1.82) is 0 Å². The number of benzene rings is 2. The number of hydrogen-bond acceptors (Lipinski definition) is 3. The average Bonchev–Trinajstić information content (AvgIpc) is 2.58. The maximum absolute atomic E-state index is 12.4. The molecule has 1 amide bonds. The lowest BCUT2D eigenvalue weighted by molar-refractivity contribution is -0.132. The second-order valence-electron chi connectivity index (χ2n) is 5.99. The maximum atomic E-state index is 12.4. The summed E-state index contributed by atoms with van der Waals surface area (Å²) in [6, 6.07) is 17.3. The highest BCUT2D eigenvalue weighted by Gasteiger charge is 2.21. The van der Waals surface area contributed by atoms with E-state index in [1.54, 1.807) is 24.3 Å². The highest BCUT2D eigenvalue weighted by Crippen LogP contribution is 2.13. The summed E-state index contributed by atoms with van der Waals surface area (Å²) in [7, 11) is 0. The zero-order valence-electron chi connectivity index (χ0n) is 13.6. The van der Waals surface area contributed by atoms with Gasteiger partial charge in [0.1, 0.15) is 5.75 Å². The summed E-state index contributed by atoms with van der Waals surface area (Å²) in [5.74, 6) is 0.394. The molecule has 0 bridgehead atoms. The number of halogens is 1. The third-order valence-corrected chi connectivity index (χ3v) is 4.27. The van der Waals surface area contributed by atoms with Crippen LogP contribution in [0.15, 0.2) is 54.6 Å². The number of amides is 1. The number of rotatable bonds is 4. The van der Waals surface area contributed by atoms with Crippen LogP contribution in [0.25, 0.3) is 0 Å². The predicted octanol–water partition coefficient (Wildman–Crippen LogP) is 2.70. The molecular weight excluding hydrogens is 324 g/mol. The number of piperazine rings is 1. The van der Waals surface area contributed by atoms with Gasteiger partial charge in [-0.05, 0) is 23.3 Å². The third kappa shape index (κ3) is 4.98. The number of nitrogens with zero attached hydrogens (tertiary/aromatic N) is 2. The van der Waals surface area contributed by atoms with E-state index >= 15 is 0 Å². The molecule has 3 rings (SSSR count). The van der Waals surface area contributed by atoms with Crippen molar-refractivity contribution >= 4 is 18.3 Å². The van der Waals surface area contributed by atoms with Crippen LogP contribution in [0.2, 0.25) is 0 Å². The van der Waals surface area contributed by atoms with Gasteiger partial charge >= 0.3 is 0 Å². The van der Waals surface area contributed by atoms with Crippen molar-refractivity contribution in [2.75, 3.05) is 26.2 Å². The fourth-order valence-electron chi connectivity index (χ4n) is 2.90. The Bertz CT molecular complexity index is 638. The predicted molar refractivity (Wildman–Crippen MR) is 97.4 cm³/mol. The molecule has 0 aromatic heterocycles. The van der Waals surface area contributed by atoms with Crippen LogP contribution in [0.5, 0.6) is 5.75 Å². The summed E-state index contributed by atoms with van der Waals surface area (Å²) < 4.78 is 0. The molecule has 1 saturated heterocycles. The molecule has 1 heterocycles. The monoisotopic (exact) mass is 346 g/mol. The standard InChI is InChI=1S/C19H22N2O2.ClH/c22-18-8-6-16(7-9-18)14-19(23)21-12-10-20(11-13-21)15-17-4-2-1-3-5-17;/h1-9,22H,10-15H2;1H. The Kier molecular flexibility index (Phi) is 6.64. The topological polar surface area (TPSA) is 43.8 Å². The molecule has 5 heteroatoms. The number of aromatic hydroxyl groups is 1. The minimum Gasteiger partial charge on any atom is -0.508 e. The smallest absolute Gasteiger partial charge is 0.227 e. The fourth-order valence-corrected chi connectivity index (χ4v) is 2.90. The average molecular weight is 347 g/mol. The molecule has 0 radical (unpaired) electrons. The van der Waals surface area contributed by atoms with Gasteiger partial charge in [0.15, 0.2) is 0 Å². The van der Waals surface area contributed by atoms with Gasteiger partial charge in [-0.15, -0.1) is 12.4 Å². The molecular formula is C19H23ClN2O2. The van der Waals surface area contributed by atoms with Gasteiger partial charge in [-0.25, -0.2) is 0 Å². The zero-order chi connectivity index (χ0) is 16.1. The molecule has 1 aliphatic rings. The second-order valence-corrected chi connectivity index (χ2v) is 5.99. The van der Waals surface area contributed by atoms with E-state index in [1.165, 1.54) is 5.56 Å². The normalized spacial score (nSPS) is 14.9. The number of phenols is 1. The van der Waals surface area contributed by atoms with Crippen molar-refractivity contribution in [3.05, 3.63) is 65.7 Å². The molecule has 0 spiro atoms. The van der Waals surface area contributed by atoms with Gasteiger partial charge in [-0.3, -0.25) is 9.69 Å². The highest BCUT2D eigenvalue weighted by atomic mass is 35.5. The van der Waals surface area contributed by atoms with E-state index in [1.807, 2.05) is 11.0 Å². The molecule has 24 heavy (non-hydrogen) atoms. The van der Waals surface area contributed by atoms with Crippen molar-refractivity contribution in [1.82, 2.24) is 9.80 Å². The van der Waals surface area contributed by atoms with Crippen molar-refractivity contribution in [3.63, 3.8) is 0 Å². The zero-order valence-corrected chi connectivity index (χ0v) is 14.4. The van der Waals surface area contributed by atoms with Gasteiger partial charge in [-0.1, -0.05) is 42.5 Å². The maximum Gasteiger partial charge on any atom is 0.227 e. The Balaban J connectivity index is 0.00000208. The van der Waals surface area contributed by atoms with Crippen molar-refractivity contribution in [3.8, 4) is 5.75 Å². The van der Waals surface area contributed by atoms with Crippen LogP contribution in [0, 0.1) is 0 Å². The van der Waals surface area contributed by atoms with Crippen LogP contribution in [0.3, 0.4) is 0 Å². The molecule has 1 fully saturated rings. The first kappa shape index (κ1) is 18.3. The second kappa shape index (κ2) is 8.71. The quantitative estimate of drug-likeness (QED) is 0.925. The molecule has 128 valence electrons. The number of phenolic OH excluding ortho intramolecular Hbond substituents is 1.